The van der Waals surface area contributed by atoms with Gasteiger partial charge in [0.1, 0.15) is 6.04 Å². The predicted molar refractivity (Wildman–Crippen MR) is 114 cm³/mol. The van der Waals surface area contributed by atoms with Crippen LogP contribution in [-0.4, -0.2) is 4.57 Å². The van der Waals surface area contributed by atoms with Crippen LogP contribution in [0.4, 0.5) is 0 Å². The summed E-state index contributed by atoms with van der Waals surface area (Å²) >= 11 is 0. The molecule has 1 heterocycles. The van der Waals surface area contributed by atoms with Gasteiger partial charge in [0.2, 0.25) is 0 Å². The zero-order valence-corrected chi connectivity index (χ0v) is 17.8. The van der Waals surface area contributed by atoms with Crippen LogP contribution >= 0.6 is 0 Å². The lowest BCUT2D eigenvalue weighted by molar-refractivity contribution is -0.687. The molecule has 1 fully saturated rings. The normalized spacial score (nSPS) is 15.8. The topological polar surface area (TPSA) is 8.81 Å². The molecule has 0 amide bonds. The van der Waals surface area contributed by atoms with Gasteiger partial charge in [0.25, 0.3) is 5.82 Å². The molecule has 3 aromatic rings. The van der Waals surface area contributed by atoms with Gasteiger partial charge in [-0.25, -0.2) is 9.13 Å². The fraction of sp³-hybridized carbons (Fsp3) is 0.480. The van der Waals surface area contributed by atoms with E-state index in [2.05, 4.69) is 87.2 Å². The Bertz CT molecular complexity index is 995. The Balaban J connectivity index is 2.04. The summed E-state index contributed by atoms with van der Waals surface area (Å²) < 4.78 is 5.08. The molecule has 2 heteroatoms. The molecule has 0 unspecified atom stereocenters. The highest BCUT2D eigenvalue weighted by Gasteiger charge is 2.33. The highest BCUT2D eigenvalue weighted by molar-refractivity contribution is 5.77. The summed E-state index contributed by atoms with van der Waals surface area (Å²) in [7, 11) is 2.24. The molecule has 0 N–H and O–H groups in total. The molecule has 1 aromatic heterocycles. The Labute approximate surface area is 163 Å². The van der Waals surface area contributed by atoms with E-state index in [1.165, 1.54) is 64.8 Å². The van der Waals surface area contributed by atoms with Crippen molar-refractivity contribution in [3.05, 3.63) is 53.1 Å². The third-order valence-electron chi connectivity index (χ3n) is 6.33. The number of hydrogen-bond donors (Lipinski definition) is 0. The number of hydrogen-bond acceptors (Lipinski definition) is 0. The van der Waals surface area contributed by atoms with Gasteiger partial charge in [-0.15, -0.1) is 0 Å². The first-order chi connectivity index (χ1) is 12.8. The molecule has 0 atom stereocenters. The summed E-state index contributed by atoms with van der Waals surface area (Å²) in [5.41, 5.74) is 8.35. The van der Waals surface area contributed by atoms with Crippen LogP contribution in [-0.2, 0) is 12.5 Å². The largest absolute Gasteiger partial charge is 0.290 e. The summed E-state index contributed by atoms with van der Waals surface area (Å²) in [6.45, 7) is 11.4. The molecule has 27 heavy (non-hydrogen) atoms. The molecule has 1 saturated carbocycles. The standard InChI is InChI=1S/C25H33N2/c1-17-11-14-22-23(15-17)26(6)24(27(22)20-9-7-8-10-20)21-16-19(25(3,4)5)13-12-18(21)2/h11-16,20H,7-10H2,1-6H3/q+1. The molecule has 0 radical (unpaired) electrons. The minimum Gasteiger partial charge on any atom is -0.226 e. The van der Waals surface area contributed by atoms with E-state index in [1.54, 1.807) is 0 Å². The van der Waals surface area contributed by atoms with E-state index in [-0.39, 0.29) is 5.41 Å². The third kappa shape index (κ3) is 3.09. The first-order valence-corrected chi connectivity index (χ1v) is 10.4. The number of imidazole rings is 1. The zero-order chi connectivity index (χ0) is 19.3. The molecule has 142 valence electrons. The van der Waals surface area contributed by atoms with E-state index >= 15 is 0 Å². The molecule has 4 rings (SSSR count). The lowest BCUT2D eigenvalue weighted by Crippen LogP contribution is -2.40. The number of fused-ring (bicyclic) bond motifs is 1. The van der Waals surface area contributed by atoms with Gasteiger partial charge in [-0.3, -0.25) is 0 Å². The second-order valence-electron chi connectivity index (χ2n) is 9.46. The van der Waals surface area contributed by atoms with E-state index < -0.39 is 0 Å². The SMILES string of the molecule is Cc1ccc2c(c1)n(C)c(-c1cc(C(C)(C)C)ccc1C)[n+]2C1CCCC1. The van der Waals surface area contributed by atoms with Gasteiger partial charge in [-0.2, -0.15) is 0 Å². The Kier molecular flexibility index (Phi) is 4.41. The van der Waals surface area contributed by atoms with Crippen molar-refractivity contribution in [1.82, 2.24) is 4.57 Å². The van der Waals surface area contributed by atoms with Crippen molar-refractivity contribution in [3.8, 4) is 11.4 Å². The van der Waals surface area contributed by atoms with Crippen LogP contribution in [0.15, 0.2) is 36.4 Å². The highest BCUT2D eigenvalue weighted by atomic mass is 15.2. The maximum absolute atomic E-state index is 2.65. The van der Waals surface area contributed by atoms with E-state index in [9.17, 15) is 0 Å². The van der Waals surface area contributed by atoms with Gasteiger partial charge in [0, 0.05) is 0 Å². The summed E-state index contributed by atoms with van der Waals surface area (Å²) in [4.78, 5) is 0. The van der Waals surface area contributed by atoms with E-state index in [0.29, 0.717) is 6.04 Å². The smallest absolute Gasteiger partial charge is 0.226 e. The molecule has 1 aliphatic rings. The first kappa shape index (κ1) is 18.3. The van der Waals surface area contributed by atoms with Crippen molar-refractivity contribution in [2.24, 2.45) is 7.05 Å². The van der Waals surface area contributed by atoms with Crippen LogP contribution in [0.5, 0.6) is 0 Å². The molecule has 0 saturated heterocycles. The number of rotatable bonds is 2. The van der Waals surface area contributed by atoms with Crippen LogP contribution in [0.3, 0.4) is 0 Å². The second-order valence-corrected chi connectivity index (χ2v) is 9.46. The molecule has 2 nitrogen and oxygen atoms in total. The summed E-state index contributed by atoms with van der Waals surface area (Å²) in [6.07, 6.45) is 5.28. The Morgan fingerprint density at radius 3 is 2.33 bits per heavy atom. The molecular formula is C25H33N2+. The van der Waals surface area contributed by atoms with Gasteiger partial charge in [0.05, 0.1) is 12.6 Å². The van der Waals surface area contributed by atoms with Gasteiger partial charge < -0.3 is 0 Å². The summed E-state index contributed by atoms with van der Waals surface area (Å²) in [5, 5.41) is 0. The van der Waals surface area contributed by atoms with Crippen molar-refractivity contribution in [1.29, 1.82) is 0 Å². The molecule has 0 bridgehead atoms. The van der Waals surface area contributed by atoms with Crippen molar-refractivity contribution >= 4 is 11.0 Å². The van der Waals surface area contributed by atoms with Gasteiger partial charge in [0.15, 0.2) is 11.0 Å². The first-order valence-electron chi connectivity index (χ1n) is 10.4. The van der Waals surface area contributed by atoms with Crippen molar-refractivity contribution in [2.75, 3.05) is 0 Å². The average molecular weight is 362 g/mol. The van der Waals surface area contributed by atoms with E-state index in [1.807, 2.05) is 0 Å². The van der Waals surface area contributed by atoms with Crippen molar-refractivity contribution in [3.63, 3.8) is 0 Å². The predicted octanol–water partition coefficient (Wildman–Crippen LogP) is 6.16. The fourth-order valence-electron chi connectivity index (χ4n) is 4.67. The van der Waals surface area contributed by atoms with Crippen LogP contribution in [0.1, 0.15) is 69.2 Å². The highest BCUT2D eigenvalue weighted by Crippen LogP contribution is 2.34. The lowest BCUT2D eigenvalue weighted by Gasteiger charge is -2.20. The number of aromatic nitrogens is 2. The third-order valence-corrected chi connectivity index (χ3v) is 6.33. The van der Waals surface area contributed by atoms with Crippen LogP contribution in [0.2, 0.25) is 0 Å². The monoisotopic (exact) mass is 361 g/mol. The number of nitrogens with zero attached hydrogens (tertiary/aromatic N) is 2. The Hall–Kier alpha value is -2.09. The molecule has 0 aliphatic heterocycles. The van der Waals surface area contributed by atoms with Gasteiger partial charge in [-0.05, 0) is 79.8 Å². The van der Waals surface area contributed by atoms with Crippen LogP contribution in [0, 0.1) is 13.8 Å². The van der Waals surface area contributed by atoms with E-state index in [4.69, 9.17) is 0 Å². The summed E-state index contributed by atoms with van der Waals surface area (Å²) in [5.74, 6) is 1.37. The Morgan fingerprint density at radius 2 is 1.67 bits per heavy atom. The van der Waals surface area contributed by atoms with Gasteiger partial charge >= 0.3 is 0 Å². The lowest BCUT2D eigenvalue weighted by atomic mass is 9.85. The molecule has 2 aromatic carbocycles. The van der Waals surface area contributed by atoms with Crippen LogP contribution < -0.4 is 4.57 Å². The maximum Gasteiger partial charge on any atom is 0.290 e. The van der Waals surface area contributed by atoms with Crippen LogP contribution in [0.25, 0.3) is 22.4 Å². The summed E-state index contributed by atoms with van der Waals surface area (Å²) in [6, 6.07) is 14.6. The van der Waals surface area contributed by atoms with E-state index in [0.717, 1.165) is 0 Å². The zero-order valence-electron chi connectivity index (χ0n) is 17.8. The fourth-order valence-corrected chi connectivity index (χ4v) is 4.67. The molecule has 0 spiro atoms. The quantitative estimate of drug-likeness (QED) is 0.483. The molecular weight excluding hydrogens is 328 g/mol. The van der Waals surface area contributed by atoms with Gasteiger partial charge in [-0.1, -0.05) is 39.0 Å². The molecule has 1 aliphatic carbocycles. The maximum atomic E-state index is 2.65. The minimum atomic E-state index is 0.155. The Morgan fingerprint density at radius 1 is 0.963 bits per heavy atom. The van der Waals surface area contributed by atoms with Crippen molar-refractivity contribution < 1.29 is 4.57 Å². The number of aryl methyl sites for hydroxylation is 3. The second kappa shape index (κ2) is 6.51. The number of benzene rings is 2. The van der Waals surface area contributed by atoms with Crippen molar-refractivity contribution in [2.45, 2.75) is 71.8 Å². The average Bonchev–Trinajstić information content (AvgIpc) is 3.21. The minimum absolute atomic E-state index is 0.155.